The maximum absolute atomic E-state index is 5.63. The van der Waals surface area contributed by atoms with Crippen LogP contribution in [0.25, 0.3) is 0 Å². The number of nitrogens with one attached hydrogen (secondary N) is 2. The molecule has 2 saturated heterocycles. The van der Waals surface area contributed by atoms with Crippen LogP contribution in [0.2, 0.25) is 0 Å². The zero-order valence-corrected chi connectivity index (χ0v) is 20.9. The van der Waals surface area contributed by atoms with Gasteiger partial charge in [-0.05, 0) is 57.2 Å². The Balaban J connectivity index is 1.51. The van der Waals surface area contributed by atoms with Crippen molar-refractivity contribution >= 4 is 22.6 Å². The fraction of sp³-hybridized carbons (Fsp3) is 0.840. The normalized spacial score (nSPS) is 34.6. The highest BCUT2D eigenvalue weighted by Crippen LogP contribution is 2.32. The second kappa shape index (κ2) is 12.1. The van der Waals surface area contributed by atoms with Gasteiger partial charge in [-0.2, -0.15) is 0 Å². The van der Waals surface area contributed by atoms with E-state index in [4.69, 9.17) is 4.74 Å². The van der Waals surface area contributed by atoms with Crippen molar-refractivity contribution in [1.82, 2.24) is 15.5 Å². The van der Waals surface area contributed by atoms with Crippen LogP contribution in [0.5, 0.6) is 0 Å². The fourth-order valence-electron chi connectivity index (χ4n) is 5.59. The van der Waals surface area contributed by atoms with Crippen LogP contribution in [0.4, 0.5) is 0 Å². The Bertz CT molecular complexity index is 579. The van der Waals surface area contributed by atoms with E-state index in [-0.39, 0.29) is 0 Å². The summed E-state index contributed by atoms with van der Waals surface area (Å²) in [6.45, 7) is 4.91. The van der Waals surface area contributed by atoms with E-state index in [9.17, 15) is 0 Å². The predicted molar refractivity (Wildman–Crippen MR) is 134 cm³/mol. The number of rotatable bonds is 3. The fourth-order valence-corrected chi connectivity index (χ4v) is 6.31. The lowest BCUT2D eigenvalue weighted by Crippen LogP contribution is -2.46. The van der Waals surface area contributed by atoms with Gasteiger partial charge >= 0.3 is 0 Å². The Kier molecular flexibility index (Phi) is 9.24. The number of nitrogens with zero attached hydrogens (tertiary/aromatic N) is 1. The average molecular weight is 528 g/mol. The van der Waals surface area contributed by atoms with Gasteiger partial charge in [-0.15, -0.1) is 0 Å². The minimum Gasteiger partial charge on any atom is -0.385 e. The number of halogens is 1. The van der Waals surface area contributed by atoms with Crippen LogP contribution in [-0.2, 0) is 4.74 Å². The number of fused-ring (bicyclic) bond motifs is 1. The van der Waals surface area contributed by atoms with Crippen molar-refractivity contribution in [3.63, 3.8) is 0 Å². The zero-order valence-electron chi connectivity index (χ0n) is 18.7. The summed E-state index contributed by atoms with van der Waals surface area (Å²) >= 11 is 2.64. The summed E-state index contributed by atoms with van der Waals surface area (Å²) in [5, 5.41) is 8.04. The molecule has 0 amide bonds. The highest BCUT2D eigenvalue weighted by Gasteiger charge is 2.31. The van der Waals surface area contributed by atoms with Crippen molar-refractivity contribution in [3.8, 4) is 0 Å². The number of hydrogen-bond acceptors (Lipinski definition) is 4. The Morgan fingerprint density at radius 2 is 1.60 bits per heavy atom. The van der Waals surface area contributed by atoms with E-state index in [0.717, 1.165) is 36.8 Å². The first-order chi connectivity index (χ1) is 14.8. The molecule has 3 fully saturated rings. The first kappa shape index (κ1) is 22.9. The van der Waals surface area contributed by atoms with Crippen LogP contribution in [-0.4, -0.2) is 53.8 Å². The molecule has 4 nitrogen and oxygen atoms in total. The van der Waals surface area contributed by atoms with Gasteiger partial charge in [0.15, 0.2) is 0 Å². The molecule has 1 saturated carbocycles. The van der Waals surface area contributed by atoms with Crippen LogP contribution in [0.3, 0.4) is 0 Å². The number of alkyl halides is 1. The van der Waals surface area contributed by atoms with Crippen molar-refractivity contribution < 1.29 is 4.74 Å². The Hall–Kier alpha value is -0.270. The predicted octanol–water partition coefficient (Wildman–Crippen LogP) is 5.14. The molecule has 2 heterocycles. The zero-order chi connectivity index (χ0) is 20.6. The quantitative estimate of drug-likeness (QED) is 0.394. The van der Waals surface area contributed by atoms with Crippen molar-refractivity contribution in [3.05, 3.63) is 23.5 Å². The van der Waals surface area contributed by atoms with Gasteiger partial charge in [0.05, 0.1) is 13.2 Å². The number of ether oxygens (including phenoxy) is 1. The monoisotopic (exact) mass is 527 g/mol. The molecule has 2 atom stereocenters. The molecule has 0 aromatic carbocycles. The maximum atomic E-state index is 5.63. The van der Waals surface area contributed by atoms with E-state index in [1.807, 2.05) is 0 Å². The summed E-state index contributed by atoms with van der Waals surface area (Å²) in [5.74, 6) is 0.603. The lowest BCUT2D eigenvalue weighted by atomic mass is 9.84. The second-order valence-electron chi connectivity index (χ2n) is 9.73. The molecule has 4 aliphatic rings. The van der Waals surface area contributed by atoms with Crippen molar-refractivity contribution in [2.45, 2.75) is 93.1 Å². The molecule has 30 heavy (non-hydrogen) atoms. The van der Waals surface area contributed by atoms with Gasteiger partial charge < -0.3 is 20.3 Å². The molecule has 4 rings (SSSR count). The molecule has 170 valence electrons. The molecule has 2 N–H and O–H groups in total. The molecular weight excluding hydrogens is 485 g/mol. The minimum atomic E-state index is 0.468. The van der Waals surface area contributed by atoms with E-state index in [1.54, 1.807) is 0 Å². The lowest BCUT2D eigenvalue weighted by molar-refractivity contribution is 0.0546. The van der Waals surface area contributed by atoms with Gasteiger partial charge in [-0.3, -0.25) is 0 Å². The Labute approximate surface area is 197 Å². The van der Waals surface area contributed by atoms with Gasteiger partial charge in [0.2, 0.25) is 0 Å². The number of hydrogen-bond donors (Lipinski definition) is 2. The summed E-state index contributed by atoms with van der Waals surface area (Å²) in [4.78, 5) is 2.54. The molecule has 0 aromatic rings. The first-order valence-corrected chi connectivity index (χ1v) is 13.9. The standard InChI is InChI=1S/C25H42IN3O/c26-20-9-11-21(12-10-20)28-25-19-22(29-14-16-30-17-15-29)18-24-23(25)8-6-4-2-1-3-5-7-13-27-24/h18-21,23-24,27-28H,1-17H2. The third-order valence-electron chi connectivity index (χ3n) is 7.46. The summed E-state index contributed by atoms with van der Waals surface area (Å²) in [6, 6.07) is 1.13. The average Bonchev–Trinajstić information content (AvgIpc) is 2.77. The SMILES string of the molecule is IC1CCC(NC2=CC(N3CCOCC3)=CC3NCCCCCCCCCC23)CC1. The summed E-state index contributed by atoms with van der Waals surface area (Å²) < 4.78 is 6.50. The van der Waals surface area contributed by atoms with Crippen LogP contribution >= 0.6 is 22.6 Å². The Morgan fingerprint density at radius 3 is 2.37 bits per heavy atom. The number of morpholine rings is 1. The topological polar surface area (TPSA) is 36.5 Å². The molecule has 2 unspecified atom stereocenters. The van der Waals surface area contributed by atoms with Crippen LogP contribution in [0.1, 0.15) is 77.0 Å². The smallest absolute Gasteiger partial charge is 0.0642 e. The van der Waals surface area contributed by atoms with Crippen molar-refractivity contribution in [1.29, 1.82) is 0 Å². The third-order valence-corrected chi connectivity index (χ3v) is 8.71. The van der Waals surface area contributed by atoms with Crippen LogP contribution in [0, 0.1) is 5.92 Å². The van der Waals surface area contributed by atoms with Gasteiger partial charge in [-0.25, -0.2) is 0 Å². The molecule has 0 spiro atoms. The van der Waals surface area contributed by atoms with Crippen molar-refractivity contribution in [2.24, 2.45) is 5.92 Å². The molecule has 0 aromatic heterocycles. The summed E-state index contributed by atoms with van der Waals surface area (Å²) in [5.41, 5.74) is 2.94. The summed E-state index contributed by atoms with van der Waals surface area (Å²) in [7, 11) is 0. The van der Waals surface area contributed by atoms with E-state index in [2.05, 4.69) is 50.3 Å². The van der Waals surface area contributed by atoms with Crippen LogP contribution in [0.15, 0.2) is 23.5 Å². The first-order valence-electron chi connectivity index (χ1n) is 12.7. The molecule has 0 radical (unpaired) electrons. The lowest BCUT2D eigenvalue weighted by Gasteiger charge is -2.39. The van der Waals surface area contributed by atoms with E-state index >= 15 is 0 Å². The largest absolute Gasteiger partial charge is 0.385 e. The van der Waals surface area contributed by atoms with Gasteiger partial charge in [0, 0.05) is 46.4 Å². The van der Waals surface area contributed by atoms with E-state index < -0.39 is 0 Å². The molecular formula is C25H42IN3O. The van der Waals surface area contributed by atoms with Gasteiger partial charge in [0.25, 0.3) is 0 Å². The van der Waals surface area contributed by atoms with E-state index in [0.29, 0.717) is 18.0 Å². The van der Waals surface area contributed by atoms with Gasteiger partial charge in [-0.1, -0.05) is 61.1 Å². The third kappa shape index (κ3) is 6.61. The molecule has 2 aliphatic heterocycles. The maximum Gasteiger partial charge on any atom is 0.0642 e. The molecule has 2 aliphatic carbocycles. The number of allylic oxidation sites excluding steroid dienone is 1. The Morgan fingerprint density at radius 1 is 0.900 bits per heavy atom. The molecule has 5 heteroatoms. The molecule has 0 bridgehead atoms. The second-order valence-corrected chi connectivity index (χ2v) is 11.5. The highest BCUT2D eigenvalue weighted by atomic mass is 127. The van der Waals surface area contributed by atoms with Crippen LogP contribution < -0.4 is 10.6 Å². The van der Waals surface area contributed by atoms with E-state index in [1.165, 1.54) is 88.4 Å². The highest BCUT2D eigenvalue weighted by molar-refractivity contribution is 14.1. The van der Waals surface area contributed by atoms with Crippen molar-refractivity contribution in [2.75, 3.05) is 32.8 Å². The minimum absolute atomic E-state index is 0.468. The summed E-state index contributed by atoms with van der Waals surface area (Å²) in [6.07, 6.45) is 21.5. The van der Waals surface area contributed by atoms with Gasteiger partial charge in [0.1, 0.15) is 0 Å².